The van der Waals surface area contributed by atoms with Crippen LogP contribution in [0, 0.1) is 5.41 Å². The van der Waals surface area contributed by atoms with E-state index in [2.05, 4.69) is 0 Å². The third kappa shape index (κ3) is 2.21. The fraction of sp³-hybridized carbons (Fsp3) is 0.300. The van der Waals surface area contributed by atoms with Gasteiger partial charge >= 0.3 is 0 Å². The summed E-state index contributed by atoms with van der Waals surface area (Å²) in [6.07, 6.45) is 1.28. The van der Waals surface area contributed by atoms with Crippen LogP contribution in [0.3, 0.4) is 0 Å². The molecule has 0 radical (unpaired) electrons. The minimum absolute atomic E-state index is 0.611. The quantitative estimate of drug-likeness (QED) is 0.719. The lowest BCUT2D eigenvalue weighted by Crippen LogP contribution is -1.95. The van der Waals surface area contributed by atoms with Gasteiger partial charge in [-0.3, -0.25) is 0 Å². The summed E-state index contributed by atoms with van der Waals surface area (Å²) < 4.78 is 10.4. The van der Waals surface area contributed by atoms with Crippen molar-refractivity contribution in [2.75, 3.05) is 13.7 Å². The van der Waals surface area contributed by atoms with Gasteiger partial charge in [0.15, 0.2) is 11.5 Å². The van der Waals surface area contributed by atoms with Crippen LogP contribution in [0.4, 0.5) is 0 Å². The number of benzene rings is 1. The van der Waals surface area contributed by atoms with E-state index in [1.54, 1.807) is 13.2 Å². The van der Waals surface area contributed by atoms with E-state index in [4.69, 9.17) is 14.9 Å². The van der Waals surface area contributed by atoms with Gasteiger partial charge in [-0.05, 0) is 30.7 Å². The van der Waals surface area contributed by atoms with Crippen LogP contribution in [0.25, 0.3) is 0 Å². The molecule has 3 nitrogen and oxygen atoms in total. The second kappa shape index (κ2) is 4.50. The van der Waals surface area contributed by atoms with E-state index in [1.165, 1.54) is 6.21 Å². The molecule has 0 amide bonds. The van der Waals surface area contributed by atoms with Crippen molar-refractivity contribution < 1.29 is 9.47 Å². The van der Waals surface area contributed by atoms with Gasteiger partial charge < -0.3 is 14.9 Å². The number of methoxy groups -OCH3 is 1. The molecule has 0 fully saturated rings. The molecule has 1 aromatic carbocycles. The van der Waals surface area contributed by atoms with Gasteiger partial charge in [-0.2, -0.15) is 0 Å². The minimum atomic E-state index is 0.611. The Kier molecular flexibility index (Phi) is 3.31. The van der Waals surface area contributed by atoms with Gasteiger partial charge in [0.1, 0.15) is 0 Å². The lowest BCUT2D eigenvalue weighted by molar-refractivity contribution is 0.311. The van der Waals surface area contributed by atoms with E-state index < -0.39 is 0 Å². The highest BCUT2D eigenvalue weighted by atomic mass is 16.5. The van der Waals surface area contributed by atoms with Crippen LogP contribution >= 0.6 is 0 Å². The molecule has 0 heterocycles. The second-order valence-corrected chi connectivity index (χ2v) is 2.49. The first-order valence-electron chi connectivity index (χ1n) is 4.13. The molecule has 0 spiro atoms. The topological polar surface area (TPSA) is 42.3 Å². The highest BCUT2D eigenvalue weighted by Gasteiger charge is 2.03. The van der Waals surface area contributed by atoms with Gasteiger partial charge in [0.25, 0.3) is 0 Å². The van der Waals surface area contributed by atoms with E-state index >= 15 is 0 Å². The Morgan fingerprint density at radius 3 is 2.69 bits per heavy atom. The zero-order valence-corrected chi connectivity index (χ0v) is 7.83. The highest BCUT2D eigenvalue weighted by Crippen LogP contribution is 2.27. The summed E-state index contributed by atoms with van der Waals surface area (Å²) in [5.74, 6) is 1.39. The van der Waals surface area contributed by atoms with Crippen molar-refractivity contribution in [2.24, 2.45) is 0 Å². The molecule has 0 aliphatic heterocycles. The zero-order chi connectivity index (χ0) is 9.68. The summed E-state index contributed by atoms with van der Waals surface area (Å²) >= 11 is 0. The third-order valence-electron chi connectivity index (χ3n) is 1.65. The van der Waals surface area contributed by atoms with Crippen LogP contribution in [-0.4, -0.2) is 19.9 Å². The highest BCUT2D eigenvalue weighted by molar-refractivity contribution is 5.78. The molecule has 3 heteroatoms. The Morgan fingerprint density at radius 1 is 1.38 bits per heavy atom. The first-order valence-corrected chi connectivity index (χ1v) is 4.13. The summed E-state index contributed by atoms with van der Waals surface area (Å²) in [5, 5.41) is 7.07. The molecule has 1 N–H and O–H groups in total. The third-order valence-corrected chi connectivity index (χ3v) is 1.65. The smallest absolute Gasteiger partial charge is 0.161 e. The first-order chi connectivity index (χ1) is 6.31. The van der Waals surface area contributed by atoms with Crippen molar-refractivity contribution in [3.8, 4) is 11.5 Å². The van der Waals surface area contributed by atoms with Gasteiger partial charge in [-0.15, -0.1) is 0 Å². The van der Waals surface area contributed by atoms with Crippen LogP contribution < -0.4 is 9.47 Å². The molecule has 0 aliphatic carbocycles. The average Bonchev–Trinajstić information content (AvgIpc) is 2.19. The monoisotopic (exact) mass is 179 g/mol. The molecule has 0 bridgehead atoms. The van der Waals surface area contributed by atoms with E-state index in [9.17, 15) is 0 Å². The van der Waals surface area contributed by atoms with E-state index in [0.717, 1.165) is 11.3 Å². The molecule has 13 heavy (non-hydrogen) atoms. The number of nitrogens with one attached hydrogen (secondary N) is 1. The summed E-state index contributed by atoms with van der Waals surface area (Å²) in [4.78, 5) is 0. The molecule has 0 atom stereocenters. The maximum atomic E-state index is 7.07. The van der Waals surface area contributed by atoms with Crippen LogP contribution in [0.15, 0.2) is 18.2 Å². The SMILES string of the molecule is CCOc1ccc(C=N)cc1OC. The van der Waals surface area contributed by atoms with Crippen molar-refractivity contribution >= 4 is 6.21 Å². The van der Waals surface area contributed by atoms with Crippen molar-refractivity contribution in [3.05, 3.63) is 23.8 Å². The average molecular weight is 179 g/mol. The fourth-order valence-electron chi connectivity index (χ4n) is 1.05. The van der Waals surface area contributed by atoms with E-state index in [-0.39, 0.29) is 0 Å². The summed E-state index contributed by atoms with van der Waals surface area (Å²) in [6, 6.07) is 5.40. The molecule has 0 saturated heterocycles. The van der Waals surface area contributed by atoms with Gasteiger partial charge in [-0.25, -0.2) is 0 Å². The number of rotatable bonds is 4. The summed E-state index contributed by atoms with van der Waals surface area (Å²) in [5.41, 5.74) is 0.806. The maximum absolute atomic E-state index is 7.07. The lowest BCUT2D eigenvalue weighted by Gasteiger charge is -2.08. The number of hydrogen-bond acceptors (Lipinski definition) is 3. The number of hydrogen-bond donors (Lipinski definition) is 1. The predicted octanol–water partition coefficient (Wildman–Crippen LogP) is 2.09. The predicted molar refractivity (Wildman–Crippen MR) is 52.0 cm³/mol. The molecular formula is C10H13NO2. The van der Waals surface area contributed by atoms with Gasteiger partial charge in [-0.1, -0.05) is 0 Å². The largest absolute Gasteiger partial charge is 0.493 e. The van der Waals surface area contributed by atoms with Crippen LogP contribution in [0.1, 0.15) is 12.5 Å². The molecule has 70 valence electrons. The summed E-state index contributed by atoms with van der Waals surface area (Å²) in [7, 11) is 1.59. The van der Waals surface area contributed by atoms with Gasteiger partial charge in [0.2, 0.25) is 0 Å². The number of ether oxygens (including phenoxy) is 2. The van der Waals surface area contributed by atoms with Crippen molar-refractivity contribution in [1.82, 2.24) is 0 Å². The molecule has 1 aromatic rings. The van der Waals surface area contributed by atoms with E-state index in [1.807, 2.05) is 19.1 Å². The van der Waals surface area contributed by atoms with Crippen molar-refractivity contribution in [2.45, 2.75) is 6.92 Å². The van der Waals surface area contributed by atoms with Crippen LogP contribution in [0.5, 0.6) is 11.5 Å². The molecule has 0 saturated carbocycles. The van der Waals surface area contributed by atoms with Crippen LogP contribution in [-0.2, 0) is 0 Å². The summed E-state index contributed by atoms with van der Waals surface area (Å²) in [6.45, 7) is 2.53. The molecule has 0 aliphatic rings. The Bertz CT molecular complexity index is 297. The van der Waals surface area contributed by atoms with Gasteiger partial charge in [0.05, 0.1) is 13.7 Å². The fourth-order valence-corrected chi connectivity index (χ4v) is 1.05. The molecule has 1 rings (SSSR count). The van der Waals surface area contributed by atoms with Crippen LogP contribution in [0.2, 0.25) is 0 Å². The molecular weight excluding hydrogens is 166 g/mol. The molecule has 0 unspecified atom stereocenters. The standard InChI is InChI=1S/C10H13NO2/c1-3-13-9-5-4-8(7-11)6-10(9)12-2/h4-7,11H,3H2,1-2H3. The Balaban J connectivity index is 3.00. The minimum Gasteiger partial charge on any atom is -0.493 e. The Labute approximate surface area is 77.8 Å². The Hall–Kier alpha value is -1.51. The lowest BCUT2D eigenvalue weighted by atomic mass is 10.2. The second-order valence-electron chi connectivity index (χ2n) is 2.49. The molecule has 0 aromatic heterocycles. The first kappa shape index (κ1) is 9.58. The van der Waals surface area contributed by atoms with Crippen molar-refractivity contribution in [3.63, 3.8) is 0 Å². The van der Waals surface area contributed by atoms with Gasteiger partial charge in [0, 0.05) is 6.21 Å². The zero-order valence-electron chi connectivity index (χ0n) is 7.83. The van der Waals surface area contributed by atoms with Crippen molar-refractivity contribution in [1.29, 1.82) is 5.41 Å². The normalized spacial score (nSPS) is 9.38. The van der Waals surface area contributed by atoms with E-state index in [0.29, 0.717) is 12.4 Å². The maximum Gasteiger partial charge on any atom is 0.161 e. The Morgan fingerprint density at radius 2 is 2.15 bits per heavy atom.